The van der Waals surface area contributed by atoms with Gasteiger partial charge in [0.1, 0.15) is 12.3 Å². The molecule has 0 aliphatic carbocycles. The molecular weight excluding hydrogens is 334 g/mol. The number of carboxylic acid groups (broad SMARTS) is 1. The van der Waals surface area contributed by atoms with Crippen molar-refractivity contribution >= 4 is 29.2 Å². The summed E-state index contributed by atoms with van der Waals surface area (Å²) in [7, 11) is 1.43. The highest BCUT2D eigenvalue weighted by Gasteiger charge is 2.30. The summed E-state index contributed by atoms with van der Waals surface area (Å²) >= 11 is 0. The third-order valence-corrected chi connectivity index (χ3v) is 3.78. The normalized spacial score (nSPS) is 14.3. The number of ether oxygens (including phenoxy) is 1. The Hall–Kier alpha value is -3.17. The number of likely N-dealkylation sites (N-methyl/N-ethyl adjacent to an activating group) is 1. The minimum Gasteiger partial charge on any atom is -0.482 e. The van der Waals surface area contributed by atoms with Crippen molar-refractivity contribution in [1.29, 1.82) is 0 Å². The number of aliphatic carboxylic acids is 1. The average Bonchev–Trinajstić information content (AvgIpc) is 2.56. The van der Waals surface area contributed by atoms with Crippen LogP contribution < -0.4 is 9.64 Å². The highest BCUT2D eigenvalue weighted by Crippen LogP contribution is 2.35. The molecule has 134 valence electrons. The molecule has 1 atom stereocenters. The van der Waals surface area contributed by atoms with Gasteiger partial charge in [0.05, 0.1) is 16.5 Å². The Morgan fingerprint density at radius 3 is 2.76 bits per heavy atom. The summed E-state index contributed by atoms with van der Waals surface area (Å²) in [5.41, 5.74) is -0.0964. The zero-order chi connectivity index (χ0) is 18.7. The number of carboxylic acids is 1. The van der Waals surface area contributed by atoms with Crippen molar-refractivity contribution < 1.29 is 29.2 Å². The van der Waals surface area contributed by atoms with Crippen LogP contribution in [0.15, 0.2) is 18.2 Å². The van der Waals surface area contributed by atoms with Gasteiger partial charge in [0.2, 0.25) is 5.91 Å². The zero-order valence-corrected chi connectivity index (χ0v) is 13.7. The van der Waals surface area contributed by atoms with Crippen LogP contribution in [0.5, 0.6) is 5.75 Å². The Morgan fingerprint density at radius 2 is 2.16 bits per heavy atom. The summed E-state index contributed by atoms with van der Waals surface area (Å²) in [5, 5.41) is 19.8. The maximum Gasteiger partial charge on any atom is 0.308 e. The van der Waals surface area contributed by atoms with Crippen LogP contribution >= 0.6 is 0 Å². The van der Waals surface area contributed by atoms with Gasteiger partial charge in [0.15, 0.2) is 6.61 Å². The lowest BCUT2D eigenvalue weighted by Gasteiger charge is -2.30. The fourth-order valence-electron chi connectivity index (χ4n) is 2.32. The predicted octanol–water partition coefficient (Wildman–Crippen LogP) is 0.499. The van der Waals surface area contributed by atoms with Crippen LogP contribution in [0.3, 0.4) is 0 Å². The van der Waals surface area contributed by atoms with Crippen molar-refractivity contribution in [1.82, 2.24) is 4.90 Å². The Morgan fingerprint density at radius 1 is 1.48 bits per heavy atom. The molecule has 2 rings (SSSR count). The molecule has 1 aromatic carbocycles. The molecule has 10 heteroatoms. The molecule has 0 fully saturated rings. The minimum atomic E-state index is -1.04. The van der Waals surface area contributed by atoms with E-state index in [-0.39, 0.29) is 36.8 Å². The molecule has 0 radical (unpaired) electrons. The van der Waals surface area contributed by atoms with E-state index in [0.717, 1.165) is 4.90 Å². The van der Waals surface area contributed by atoms with Gasteiger partial charge in [-0.1, -0.05) is 6.92 Å². The second-order valence-electron chi connectivity index (χ2n) is 5.69. The number of hydrogen-bond donors (Lipinski definition) is 1. The van der Waals surface area contributed by atoms with E-state index < -0.39 is 28.6 Å². The average molecular weight is 351 g/mol. The number of amides is 2. The molecule has 1 heterocycles. The van der Waals surface area contributed by atoms with E-state index in [9.17, 15) is 24.5 Å². The highest BCUT2D eigenvalue weighted by atomic mass is 16.6. The predicted molar refractivity (Wildman–Crippen MR) is 85.4 cm³/mol. The van der Waals surface area contributed by atoms with E-state index in [2.05, 4.69) is 0 Å². The molecule has 2 amide bonds. The van der Waals surface area contributed by atoms with Crippen molar-refractivity contribution in [3.8, 4) is 5.75 Å². The number of carbonyl (C=O) groups excluding carboxylic acids is 2. The molecule has 0 saturated heterocycles. The Balaban J connectivity index is 2.20. The lowest BCUT2D eigenvalue weighted by molar-refractivity contribution is -0.384. The molecule has 1 N–H and O–H groups in total. The standard InChI is InChI=1S/C15H17N3O7/c1-9(15(21)22)6-16(2)13(19)7-17-11-5-10(18(23)24)3-4-12(11)25-8-14(17)20/h3-5,9H,6-8H2,1-2H3,(H,21,22). The first-order valence-corrected chi connectivity index (χ1v) is 7.39. The molecule has 25 heavy (non-hydrogen) atoms. The van der Waals surface area contributed by atoms with Crippen molar-refractivity contribution in [2.24, 2.45) is 5.92 Å². The maximum absolute atomic E-state index is 12.3. The van der Waals surface area contributed by atoms with Crippen molar-refractivity contribution in [3.63, 3.8) is 0 Å². The van der Waals surface area contributed by atoms with Crippen molar-refractivity contribution in [2.45, 2.75) is 6.92 Å². The SMILES string of the molecule is CC(CN(C)C(=O)CN1C(=O)COc2ccc([N+](=O)[O-])cc21)C(=O)O. The Kier molecular flexibility index (Phi) is 5.20. The first-order valence-electron chi connectivity index (χ1n) is 7.39. The van der Waals surface area contributed by atoms with Gasteiger partial charge in [0.25, 0.3) is 11.6 Å². The highest BCUT2D eigenvalue weighted by molar-refractivity contribution is 6.02. The van der Waals surface area contributed by atoms with E-state index in [4.69, 9.17) is 9.84 Å². The quantitative estimate of drug-likeness (QED) is 0.583. The third kappa shape index (κ3) is 4.03. The second kappa shape index (κ2) is 7.16. The van der Waals surface area contributed by atoms with Crippen LogP contribution in [0.25, 0.3) is 0 Å². The number of anilines is 1. The lowest BCUT2D eigenvalue weighted by atomic mass is 10.1. The van der Waals surface area contributed by atoms with E-state index >= 15 is 0 Å². The molecule has 1 aliphatic rings. The number of nitro benzene ring substituents is 1. The van der Waals surface area contributed by atoms with E-state index in [0.29, 0.717) is 0 Å². The molecule has 0 saturated carbocycles. The van der Waals surface area contributed by atoms with Gasteiger partial charge >= 0.3 is 5.97 Å². The zero-order valence-electron chi connectivity index (χ0n) is 13.7. The van der Waals surface area contributed by atoms with Crippen LogP contribution in [0.4, 0.5) is 11.4 Å². The summed E-state index contributed by atoms with van der Waals surface area (Å²) in [4.78, 5) is 47.9. The van der Waals surface area contributed by atoms with Crippen LogP contribution in [0, 0.1) is 16.0 Å². The summed E-state index contributed by atoms with van der Waals surface area (Å²) in [6.45, 7) is 0.797. The third-order valence-electron chi connectivity index (χ3n) is 3.78. The number of rotatable bonds is 6. The lowest BCUT2D eigenvalue weighted by Crippen LogP contribution is -2.46. The van der Waals surface area contributed by atoms with Crippen molar-refractivity contribution in [3.05, 3.63) is 28.3 Å². The molecule has 1 unspecified atom stereocenters. The van der Waals surface area contributed by atoms with Gasteiger partial charge in [0, 0.05) is 25.7 Å². The van der Waals surface area contributed by atoms with Gasteiger partial charge in [-0.3, -0.25) is 29.4 Å². The van der Waals surface area contributed by atoms with Gasteiger partial charge < -0.3 is 14.7 Å². The van der Waals surface area contributed by atoms with Gasteiger partial charge in [-0.2, -0.15) is 0 Å². The topological polar surface area (TPSA) is 130 Å². The molecule has 0 spiro atoms. The summed E-state index contributed by atoms with van der Waals surface area (Å²) in [5.74, 6) is -2.54. The van der Waals surface area contributed by atoms with Crippen LogP contribution in [0.2, 0.25) is 0 Å². The van der Waals surface area contributed by atoms with Crippen LogP contribution in [-0.4, -0.2) is 59.5 Å². The molecule has 1 aromatic rings. The fourth-order valence-corrected chi connectivity index (χ4v) is 2.32. The molecular formula is C15H17N3O7. The van der Waals surface area contributed by atoms with Crippen molar-refractivity contribution in [2.75, 3.05) is 31.6 Å². The van der Waals surface area contributed by atoms with E-state index in [1.807, 2.05) is 0 Å². The van der Waals surface area contributed by atoms with Crippen LogP contribution in [0.1, 0.15) is 6.92 Å². The molecule has 10 nitrogen and oxygen atoms in total. The van der Waals surface area contributed by atoms with E-state index in [1.165, 1.54) is 37.1 Å². The number of hydrogen-bond acceptors (Lipinski definition) is 6. The number of carbonyl (C=O) groups is 3. The Labute approximate surface area is 142 Å². The molecule has 0 aromatic heterocycles. The summed E-state index contributed by atoms with van der Waals surface area (Å²) in [6.07, 6.45) is 0. The monoisotopic (exact) mass is 351 g/mol. The second-order valence-corrected chi connectivity index (χ2v) is 5.69. The maximum atomic E-state index is 12.3. The van der Waals surface area contributed by atoms with Crippen LogP contribution in [-0.2, 0) is 14.4 Å². The number of non-ortho nitro benzene ring substituents is 1. The molecule has 0 bridgehead atoms. The Bertz CT molecular complexity index is 734. The number of nitro groups is 1. The minimum absolute atomic E-state index is 0.0194. The number of benzene rings is 1. The smallest absolute Gasteiger partial charge is 0.308 e. The first kappa shape index (κ1) is 18.2. The summed E-state index contributed by atoms with van der Waals surface area (Å²) < 4.78 is 5.22. The fraction of sp³-hybridized carbons (Fsp3) is 0.400. The number of nitrogens with zero attached hydrogens (tertiary/aromatic N) is 3. The molecule has 1 aliphatic heterocycles. The van der Waals surface area contributed by atoms with E-state index in [1.54, 1.807) is 0 Å². The largest absolute Gasteiger partial charge is 0.482 e. The number of fused-ring (bicyclic) bond motifs is 1. The van der Waals surface area contributed by atoms with Gasteiger partial charge in [-0.15, -0.1) is 0 Å². The van der Waals surface area contributed by atoms with Gasteiger partial charge in [-0.05, 0) is 6.07 Å². The first-order chi connectivity index (χ1) is 11.7. The summed E-state index contributed by atoms with van der Waals surface area (Å²) in [6, 6.07) is 3.78. The van der Waals surface area contributed by atoms with Gasteiger partial charge in [-0.25, -0.2) is 0 Å².